The average Bonchev–Trinajstić information content (AvgIpc) is 2.66. The molecule has 0 aliphatic rings. The minimum atomic E-state index is -0.557. The van der Waals surface area contributed by atoms with E-state index in [0.717, 1.165) is 32.9 Å². The number of ether oxygens (including phenoxy) is 1. The maximum atomic E-state index is 12.3. The van der Waals surface area contributed by atoms with E-state index in [-0.39, 0.29) is 5.97 Å². The summed E-state index contributed by atoms with van der Waals surface area (Å²) in [6.07, 6.45) is 0. The Morgan fingerprint density at radius 2 is 1.48 bits per heavy atom. The lowest BCUT2D eigenvalue weighted by atomic mass is 9.96. The topological polar surface area (TPSA) is 39.2 Å². The highest BCUT2D eigenvalue weighted by Crippen LogP contribution is 2.36. The molecule has 1 aromatic heterocycles. The average molecular weight is 355 g/mol. The molecule has 134 valence electrons. The van der Waals surface area contributed by atoms with Gasteiger partial charge in [0.15, 0.2) is 0 Å². The van der Waals surface area contributed by atoms with E-state index in [4.69, 9.17) is 9.72 Å². The van der Waals surface area contributed by atoms with Gasteiger partial charge in [0.25, 0.3) is 0 Å². The van der Waals surface area contributed by atoms with Crippen LogP contribution < -0.4 is 4.74 Å². The van der Waals surface area contributed by atoms with Crippen LogP contribution in [0.1, 0.15) is 20.8 Å². The number of carbonyl (C=O) groups is 1. The summed E-state index contributed by atoms with van der Waals surface area (Å²) in [5.74, 6) is 0.286. The van der Waals surface area contributed by atoms with Gasteiger partial charge in [0.1, 0.15) is 5.75 Å². The van der Waals surface area contributed by atoms with Crippen molar-refractivity contribution >= 4 is 27.8 Å². The second-order valence-electron chi connectivity index (χ2n) is 7.69. The molecule has 0 amide bonds. The van der Waals surface area contributed by atoms with Crippen molar-refractivity contribution in [3.8, 4) is 16.9 Å². The van der Waals surface area contributed by atoms with Crippen molar-refractivity contribution in [3.05, 3.63) is 72.8 Å². The monoisotopic (exact) mass is 355 g/mol. The normalized spacial score (nSPS) is 11.7. The Kier molecular flexibility index (Phi) is 4.15. The molecule has 3 heteroatoms. The zero-order valence-electron chi connectivity index (χ0n) is 15.7. The standard InChI is InChI=1S/C24H21NO2/c1-24(2,3)23(26)27-17-13-14-21-19(15-17)22(16-9-5-4-6-10-16)18-11-7-8-12-20(18)25-21/h4-15H,1-3H3. The molecule has 3 nitrogen and oxygen atoms in total. The molecular formula is C24H21NO2. The number of aromatic nitrogens is 1. The Labute approximate surface area is 158 Å². The Morgan fingerprint density at radius 1 is 0.815 bits per heavy atom. The second-order valence-corrected chi connectivity index (χ2v) is 7.69. The van der Waals surface area contributed by atoms with Crippen molar-refractivity contribution in [3.63, 3.8) is 0 Å². The van der Waals surface area contributed by atoms with Crippen LogP contribution in [0, 0.1) is 5.41 Å². The molecule has 27 heavy (non-hydrogen) atoms. The van der Waals surface area contributed by atoms with Crippen LogP contribution in [0.2, 0.25) is 0 Å². The van der Waals surface area contributed by atoms with Crippen LogP contribution in [-0.4, -0.2) is 11.0 Å². The van der Waals surface area contributed by atoms with E-state index in [9.17, 15) is 4.79 Å². The number of fused-ring (bicyclic) bond motifs is 2. The number of nitrogens with zero attached hydrogens (tertiary/aromatic N) is 1. The van der Waals surface area contributed by atoms with E-state index in [1.54, 1.807) is 0 Å². The van der Waals surface area contributed by atoms with Crippen LogP contribution in [0.15, 0.2) is 72.8 Å². The first-order valence-corrected chi connectivity index (χ1v) is 9.04. The number of para-hydroxylation sites is 1. The van der Waals surface area contributed by atoms with Crippen molar-refractivity contribution in [2.24, 2.45) is 5.41 Å². The predicted molar refractivity (Wildman–Crippen MR) is 110 cm³/mol. The van der Waals surface area contributed by atoms with E-state index in [1.807, 2.05) is 75.4 Å². The van der Waals surface area contributed by atoms with Crippen molar-refractivity contribution < 1.29 is 9.53 Å². The Hall–Kier alpha value is -3.20. The fourth-order valence-corrected chi connectivity index (χ4v) is 3.11. The van der Waals surface area contributed by atoms with E-state index < -0.39 is 5.41 Å². The van der Waals surface area contributed by atoms with Gasteiger partial charge in [-0.2, -0.15) is 0 Å². The van der Waals surface area contributed by atoms with E-state index in [1.165, 1.54) is 0 Å². The van der Waals surface area contributed by atoms with Gasteiger partial charge in [-0.25, -0.2) is 4.98 Å². The molecule has 0 spiro atoms. The summed E-state index contributed by atoms with van der Waals surface area (Å²) in [5, 5.41) is 2.05. The fourth-order valence-electron chi connectivity index (χ4n) is 3.11. The highest BCUT2D eigenvalue weighted by atomic mass is 16.5. The molecule has 0 unspecified atom stereocenters. The predicted octanol–water partition coefficient (Wildman–Crippen LogP) is 6.01. The molecule has 0 atom stereocenters. The fraction of sp³-hybridized carbons (Fsp3) is 0.167. The lowest BCUT2D eigenvalue weighted by Gasteiger charge is -2.17. The third kappa shape index (κ3) is 3.28. The van der Waals surface area contributed by atoms with E-state index in [0.29, 0.717) is 5.75 Å². The van der Waals surface area contributed by atoms with Crippen molar-refractivity contribution in [2.45, 2.75) is 20.8 Å². The molecular weight excluding hydrogens is 334 g/mol. The van der Waals surface area contributed by atoms with Gasteiger partial charge < -0.3 is 4.74 Å². The molecule has 0 saturated carbocycles. The summed E-state index contributed by atoms with van der Waals surface area (Å²) in [5.41, 5.74) is 3.48. The molecule has 1 heterocycles. The highest BCUT2D eigenvalue weighted by Gasteiger charge is 2.24. The highest BCUT2D eigenvalue weighted by molar-refractivity contribution is 6.09. The molecule has 0 radical (unpaired) electrons. The summed E-state index contributed by atoms with van der Waals surface area (Å²) >= 11 is 0. The third-order valence-corrected chi connectivity index (χ3v) is 4.54. The van der Waals surface area contributed by atoms with Gasteiger partial charge in [-0.1, -0.05) is 48.5 Å². The lowest BCUT2D eigenvalue weighted by Crippen LogP contribution is -2.25. The number of carbonyl (C=O) groups excluding carboxylic acids is 1. The molecule has 0 aliphatic heterocycles. The Balaban J connectivity index is 1.97. The Bertz CT molecular complexity index is 1140. The molecule has 4 aromatic rings. The van der Waals surface area contributed by atoms with E-state index >= 15 is 0 Å². The molecule has 3 aromatic carbocycles. The number of benzene rings is 3. The van der Waals surface area contributed by atoms with Gasteiger partial charge in [0, 0.05) is 16.3 Å². The van der Waals surface area contributed by atoms with Crippen LogP contribution in [-0.2, 0) is 4.79 Å². The molecule has 4 rings (SSSR count). The van der Waals surface area contributed by atoms with Crippen LogP contribution in [0.4, 0.5) is 0 Å². The summed E-state index contributed by atoms with van der Waals surface area (Å²) in [4.78, 5) is 17.1. The molecule has 0 N–H and O–H groups in total. The molecule has 0 bridgehead atoms. The summed E-state index contributed by atoms with van der Waals surface area (Å²) in [6.45, 7) is 5.54. The van der Waals surface area contributed by atoms with Gasteiger partial charge in [-0.05, 0) is 50.6 Å². The number of hydrogen-bond donors (Lipinski definition) is 0. The van der Waals surface area contributed by atoms with Crippen molar-refractivity contribution in [2.75, 3.05) is 0 Å². The van der Waals surface area contributed by atoms with Gasteiger partial charge >= 0.3 is 5.97 Å². The minimum Gasteiger partial charge on any atom is -0.426 e. The number of esters is 1. The maximum Gasteiger partial charge on any atom is 0.316 e. The zero-order chi connectivity index (χ0) is 19.0. The SMILES string of the molecule is CC(C)(C)C(=O)Oc1ccc2nc3ccccc3c(-c3ccccc3)c2c1. The maximum absolute atomic E-state index is 12.3. The molecule has 0 saturated heterocycles. The minimum absolute atomic E-state index is 0.253. The van der Waals surface area contributed by atoms with Gasteiger partial charge in [0.05, 0.1) is 16.4 Å². The van der Waals surface area contributed by atoms with Crippen LogP contribution in [0.25, 0.3) is 32.9 Å². The second kappa shape index (κ2) is 6.51. The number of hydrogen-bond acceptors (Lipinski definition) is 3. The van der Waals surface area contributed by atoms with Gasteiger partial charge in [-0.15, -0.1) is 0 Å². The number of rotatable bonds is 2. The summed E-state index contributed by atoms with van der Waals surface area (Å²) < 4.78 is 5.62. The molecule has 0 aliphatic carbocycles. The quantitative estimate of drug-likeness (QED) is 0.251. The lowest BCUT2D eigenvalue weighted by molar-refractivity contribution is -0.142. The first-order valence-electron chi connectivity index (χ1n) is 9.04. The number of pyridine rings is 1. The van der Waals surface area contributed by atoms with Crippen LogP contribution >= 0.6 is 0 Å². The smallest absolute Gasteiger partial charge is 0.316 e. The van der Waals surface area contributed by atoms with E-state index in [2.05, 4.69) is 18.2 Å². The van der Waals surface area contributed by atoms with Crippen LogP contribution in [0.3, 0.4) is 0 Å². The molecule has 0 fully saturated rings. The Morgan fingerprint density at radius 3 is 2.22 bits per heavy atom. The van der Waals surface area contributed by atoms with Crippen molar-refractivity contribution in [1.82, 2.24) is 4.98 Å². The first kappa shape index (κ1) is 17.2. The zero-order valence-corrected chi connectivity index (χ0v) is 15.7. The largest absolute Gasteiger partial charge is 0.426 e. The van der Waals surface area contributed by atoms with Crippen molar-refractivity contribution in [1.29, 1.82) is 0 Å². The summed E-state index contributed by atoms with van der Waals surface area (Å²) in [7, 11) is 0. The summed E-state index contributed by atoms with van der Waals surface area (Å²) in [6, 6.07) is 24.0. The van der Waals surface area contributed by atoms with Gasteiger partial charge in [-0.3, -0.25) is 4.79 Å². The third-order valence-electron chi connectivity index (χ3n) is 4.54. The van der Waals surface area contributed by atoms with Gasteiger partial charge in [0.2, 0.25) is 0 Å². The van der Waals surface area contributed by atoms with Crippen LogP contribution in [0.5, 0.6) is 5.75 Å². The first-order chi connectivity index (χ1) is 12.9.